The van der Waals surface area contributed by atoms with Crippen molar-refractivity contribution >= 4 is 18.1 Å². The Labute approximate surface area is 157 Å². The van der Waals surface area contributed by atoms with Crippen molar-refractivity contribution in [2.24, 2.45) is 10.9 Å². The topological polar surface area (TPSA) is 130 Å². The Morgan fingerprint density at radius 3 is 2.63 bits per heavy atom. The second kappa shape index (κ2) is 10.7. The summed E-state index contributed by atoms with van der Waals surface area (Å²) in [6, 6.07) is 10.2. The van der Waals surface area contributed by atoms with E-state index in [9.17, 15) is 14.7 Å². The molecule has 0 saturated heterocycles. The number of carbonyl (C=O) groups excluding carboxylic acids is 1. The van der Waals surface area contributed by atoms with Crippen molar-refractivity contribution in [2.75, 3.05) is 6.54 Å². The highest BCUT2D eigenvalue weighted by molar-refractivity contribution is 5.83. The molecule has 0 aliphatic heterocycles. The minimum absolute atomic E-state index is 0.189. The van der Waals surface area contributed by atoms with E-state index in [2.05, 4.69) is 20.7 Å². The molecule has 1 atom stereocenters. The molecule has 5 N–H and O–H groups in total. The summed E-state index contributed by atoms with van der Waals surface area (Å²) < 4.78 is 0. The summed E-state index contributed by atoms with van der Waals surface area (Å²) in [7, 11) is 0. The third-order valence-electron chi connectivity index (χ3n) is 3.86. The molecule has 0 saturated carbocycles. The lowest BCUT2D eigenvalue weighted by Gasteiger charge is -2.14. The van der Waals surface area contributed by atoms with Gasteiger partial charge in [0.25, 0.3) is 0 Å². The third kappa shape index (κ3) is 7.25. The molecule has 0 radical (unpaired) electrons. The maximum Gasteiger partial charge on any atom is 0.326 e. The summed E-state index contributed by atoms with van der Waals surface area (Å²) in [6.07, 6.45) is 5.15. The van der Waals surface area contributed by atoms with Crippen LogP contribution >= 0.6 is 0 Å². The number of benzene rings is 1. The number of nitrogens with one attached hydrogen (secondary N) is 2. The van der Waals surface area contributed by atoms with Crippen LogP contribution in [0.4, 0.5) is 0 Å². The van der Waals surface area contributed by atoms with Crippen molar-refractivity contribution in [3.8, 4) is 0 Å². The number of hydrogen-bond acceptors (Lipinski definition) is 6. The molecule has 0 aliphatic carbocycles. The zero-order valence-electron chi connectivity index (χ0n) is 14.8. The Balaban J connectivity index is 1.73. The minimum atomic E-state index is -1.07. The summed E-state index contributed by atoms with van der Waals surface area (Å²) in [5.41, 5.74) is 2.73. The van der Waals surface area contributed by atoms with Crippen LogP contribution in [0.15, 0.2) is 53.9 Å². The highest BCUT2D eigenvalue weighted by Crippen LogP contribution is 2.03. The molecule has 1 unspecified atom stereocenters. The third-order valence-corrected chi connectivity index (χ3v) is 3.86. The number of aliphatic carboxylic acids is 1. The lowest BCUT2D eigenvalue weighted by atomic mass is 10.1. The van der Waals surface area contributed by atoms with E-state index in [4.69, 9.17) is 5.84 Å². The average molecular weight is 369 g/mol. The summed E-state index contributed by atoms with van der Waals surface area (Å²) >= 11 is 0. The van der Waals surface area contributed by atoms with Crippen LogP contribution in [0.3, 0.4) is 0 Å². The van der Waals surface area contributed by atoms with Crippen molar-refractivity contribution in [1.82, 2.24) is 15.6 Å². The van der Waals surface area contributed by atoms with Gasteiger partial charge in [-0.2, -0.15) is 5.10 Å². The van der Waals surface area contributed by atoms with E-state index < -0.39 is 12.0 Å². The lowest BCUT2D eigenvalue weighted by molar-refractivity contribution is -0.141. The number of pyridine rings is 1. The predicted molar refractivity (Wildman–Crippen MR) is 102 cm³/mol. The number of carboxylic acid groups (broad SMARTS) is 1. The van der Waals surface area contributed by atoms with Gasteiger partial charge in [0.05, 0.1) is 6.21 Å². The largest absolute Gasteiger partial charge is 0.480 e. The fraction of sp³-hybridized carbons (Fsp3) is 0.263. The van der Waals surface area contributed by atoms with Gasteiger partial charge in [0.2, 0.25) is 5.91 Å². The van der Waals surface area contributed by atoms with Crippen LogP contribution in [-0.2, 0) is 22.6 Å². The highest BCUT2D eigenvalue weighted by Gasteiger charge is 2.20. The van der Waals surface area contributed by atoms with Crippen LogP contribution in [0, 0.1) is 0 Å². The molecule has 2 rings (SSSR count). The number of hydrogen-bond donors (Lipinski definition) is 4. The fourth-order valence-corrected chi connectivity index (χ4v) is 2.46. The van der Waals surface area contributed by atoms with Gasteiger partial charge in [-0.1, -0.05) is 30.3 Å². The highest BCUT2D eigenvalue weighted by atomic mass is 16.4. The Kier molecular flexibility index (Phi) is 7.92. The van der Waals surface area contributed by atoms with Gasteiger partial charge >= 0.3 is 5.97 Å². The standard InChI is InChI=1S/C19H23N5O3/c20-23-13-15-5-3-14(4-6-15)11-22-9-7-18(25)24-17(19(26)27)10-16-2-1-8-21-12-16/h1-6,8,12-13,17,22H,7,9-11,20H2,(H,24,25)(H,26,27). The van der Waals surface area contributed by atoms with Gasteiger partial charge in [0, 0.05) is 38.3 Å². The predicted octanol–water partition coefficient (Wildman–Crippen LogP) is 0.666. The number of carboxylic acids is 1. The van der Waals surface area contributed by atoms with E-state index >= 15 is 0 Å². The maximum absolute atomic E-state index is 12.0. The van der Waals surface area contributed by atoms with E-state index in [-0.39, 0.29) is 18.7 Å². The van der Waals surface area contributed by atoms with E-state index in [0.717, 1.165) is 16.7 Å². The Hall–Kier alpha value is -3.26. The number of amides is 1. The Morgan fingerprint density at radius 1 is 1.22 bits per heavy atom. The number of hydrazone groups is 1. The number of rotatable bonds is 10. The van der Waals surface area contributed by atoms with Crippen molar-refractivity contribution in [1.29, 1.82) is 0 Å². The van der Waals surface area contributed by atoms with E-state index in [0.29, 0.717) is 13.1 Å². The first-order chi connectivity index (χ1) is 13.1. The first kappa shape index (κ1) is 20.1. The maximum atomic E-state index is 12.0. The summed E-state index contributed by atoms with van der Waals surface area (Å²) in [5.74, 6) is 3.72. The molecular weight excluding hydrogens is 346 g/mol. The molecule has 0 bridgehead atoms. The number of nitrogens with two attached hydrogens (primary N) is 1. The number of carbonyl (C=O) groups is 2. The molecule has 1 heterocycles. The van der Waals surface area contributed by atoms with Crippen LogP contribution < -0.4 is 16.5 Å². The monoisotopic (exact) mass is 369 g/mol. The SMILES string of the molecule is NN=Cc1ccc(CNCCC(=O)NC(Cc2cccnc2)C(=O)O)cc1. The van der Waals surface area contributed by atoms with Gasteiger partial charge < -0.3 is 21.6 Å². The van der Waals surface area contributed by atoms with Crippen LogP contribution in [0.1, 0.15) is 23.1 Å². The van der Waals surface area contributed by atoms with Gasteiger partial charge in [-0.25, -0.2) is 4.79 Å². The van der Waals surface area contributed by atoms with Crippen molar-refractivity contribution < 1.29 is 14.7 Å². The van der Waals surface area contributed by atoms with Crippen LogP contribution in [0.5, 0.6) is 0 Å². The lowest BCUT2D eigenvalue weighted by Crippen LogP contribution is -2.43. The first-order valence-electron chi connectivity index (χ1n) is 8.52. The molecule has 142 valence electrons. The molecule has 1 aromatic carbocycles. The minimum Gasteiger partial charge on any atom is -0.480 e. The van der Waals surface area contributed by atoms with Gasteiger partial charge in [-0.3, -0.25) is 9.78 Å². The quantitative estimate of drug-likeness (QED) is 0.211. The van der Waals surface area contributed by atoms with E-state index in [1.54, 1.807) is 30.7 Å². The average Bonchev–Trinajstić information content (AvgIpc) is 2.67. The number of aromatic nitrogens is 1. The molecule has 0 fully saturated rings. The normalized spacial score (nSPS) is 12.0. The van der Waals surface area contributed by atoms with Crippen LogP contribution in [0.25, 0.3) is 0 Å². The van der Waals surface area contributed by atoms with E-state index in [1.165, 1.54) is 0 Å². The molecule has 1 amide bonds. The van der Waals surface area contributed by atoms with Gasteiger partial charge in [0.1, 0.15) is 6.04 Å². The molecule has 0 spiro atoms. The summed E-state index contributed by atoms with van der Waals surface area (Å²) in [5, 5.41) is 18.5. The van der Waals surface area contributed by atoms with Crippen molar-refractivity contribution in [3.05, 3.63) is 65.5 Å². The second-order valence-corrected chi connectivity index (χ2v) is 5.97. The van der Waals surface area contributed by atoms with Gasteiger partial charge in [-0.15, -0.1) is 0 Å². The van der Waals surface area contributed by atoms with Gasteiger partial charge in [-0.05, 0) is 22.8 Å². The van der Waals surface area contributed by atoms with E-state index in [1.807, 2.05) is 24.3 Å². The second-order valence-electron chi connectivity index (χ2n) is 5.97. The fourth-order valence-electron chi connectivity index (χ4n) is 2.46. The molecule has 8 nitrogen and oxygen atoms in total. The van der Waals surface area contributed by atoms with Crippen molar-refractivity contribution in [2.45, 2.75) is 25.4 Å². The first-order valence-corrected chi connectivity index (χ1v) is 8.52. The summed E-state index contributed by atoms with van der Waals surface area (Å²) in [4.78, 5) is 27.3. The van der Waals surface area contributed by atoms with Crippen LogP contribution in [0.2, 0.25) is 0 Å². The molecule has 0 aliphatic rings. The molecule has 8 heteroatoms. The zero-order chi connectivity index (χ0) is 19.5. The molecule has 2 aromatic rings. The van der Waals surface area contributed by atoms with Gasteiger partial charge in [0.15, 0.2) is 0 Å². The van der Waals surface area contributed by atoms with Crippen molar-refractivity contribution in [3.63, 3.8) is 0 Å². The number of nitrogens with zero attached hydrogens (tertiary/aromatic N) is 2. The molecule has 27 heavy (non-hydrogen) atoms. The Bertz CT molecular complexity index is 763. The summed E-state index contributed by atoms with van der Waals surface area (Å²) in [6.45, 7) is 1.04. The molecule has 1 aromatic heterocycles. The Morgan fingerprint density at radius 2 is 2.00 bits per heavy atom. The molecular formula is C19H23N5O3. The zero-order valence-corrected chi connectivity index (χ0v) is 14.8. The van der Waals surface area contributed by atoms with Crippen LogP contribution in [-0.4, -0.2) is 40.8 Å². The smallest absolute Gasteiger partial charge is 0.326 e.